The van der Waals surface area contributed by atoms with Gasteiger partial charge < -0.3 is 10.1 Å². The quantitative estimate of drug-likeness (QED) is 0.924. The van der Waals surface area contributed by atoms with Crippen molar-refractivity contribution in [2.75, 3.05) is 13.2 Å². The molecular weight excluding hydrogens is 289 g/mol. The topological polar surface area (TPSA) is 21.3 Å². The van der Waals surface area contributed by atoms with Gasteiger partial charge in [0.1, 0.15) is 0 Å². The van der Waals surface area contributed by atoms with Gasteiger partial charge in [-0.1, -0.05) is 33.6 Å². The van der Waals surface area contributed by atoms with E-state index in [0.29, 0.717) is 6.04 Å². The first kappa shape index (κ1) is 12.4. The highest BCUT2D eigenvalue weighted by molar-refractivity contribution is 9.10. The smallest absolute Gasteiger partial charge is 0.0619 e. The van der Waals surface area contributed by atoms with E-state index in [1.165, 1.54) is 6.42 Å². The van der Waals surface area contributed by atoms with Gasteiger partial charge in [0.15, 0.2) is 0 Å². The van der Waals surface area contributed by atoms with Crippen LogP contribution in [-0.2, 0) is 11.3 Å². The van der Waals surface area contributed by atoms with Gasteiger partial charge in [-0.15, -0.1) is 0 Å². The predicted octanol–water partition coefficient (Wildman–Crippen LogP) is 3.37. The van der Waals surface area contributed by atoms with Crippen molar-refractivity contribution in [3.05, 3.63) is 33.3 Å². The normalized spacial score (nSPS) is 21.0. The number of benzene rings is 1. The summed E-state index contributed by atoms with van der Waals surface area (Å²) in [6, 6.07) is 6.45. The van der Waals surface area contributed by atoms with Gasteiger partial charge in [0, 0.05) is 28.7 Å². The summed E-state index contributed by atoms with van der Waals surface area (Å²) < 4.78 is 6.43. The molecule has 1 aromatic rings. The molecule has 0 radical (unpaired) electrons. The highest BCUT2D eigenvalue weighted by Gasteiger charge is 2.13. The van der Waals surface area contributed by atoms with E-state index in [-0.39, 0.29) is 0 Å². The Labute approximate surface area is 109 Å². The van der Waals surface area contributed by atoms with E-state index < -0.39 is 0 Å². The number of hydrogen-bond donors (Lipinski definition) is 1. The van der Waals surface area contributed by atoms with Crippen molar-refractivity contribution in [3.8, 4) is 0 Å². The molecule has 1 aromatic carbocycles. The lowest BCUT2D eigenvalue weighted by atomic mass is 10.1. The Morgan fingerprint density at radius 3 is 3.06 bits per heavy atom. The van der Waals surface area contributed by atoms with E-state index in [2.05, 4.69) is 21.2 Å². The molecule has 1 N–H and O–H groups in total. The molecule has 4 heteroatoms. The lowest BCUT2D eigenvalue weighted by Crippen LogP contribution is -2.36. The van der Waals surface area contributed by atoms with Gasteiger partial charge >= 0.3 is 0 Å². The minimum absolute atomic E-state index is 0.466. The second-order valence-corrected chi connectivity index (χ2v) is 5.35. The summed E-state index contributed by atoms with van der Waals surface area (Å²) in [5.74, 6) is 0. The first-order valence-electron chi connectivity index (χ1n) is 5.51. The maximum absolute atomic E-state index is 6.15. The fraction of sp³-hybridized carbons (Fsp3) is 0.500. The number of ether oxygens (including phenoxy) is 1. The molecule has 1 atom stereocenters. The number of nitrogens with one attached hydrogen (secondary N) is 1. The van der Waals surface area contributed by atoms with Crippen LogP contribution < -0.4 is 5.32 Å². The van der Waals surface area contributed by atoms with Crippen molar-refractivity contribution < 1.29 is 4.74 Å². The fourth-order valence-corrected chi connectivity index (χ4v) is 2.56. The fourth-order valence-electron chi connectivity index (χ4n) is 1.82. The van der Waals surface area contributed by atoms with Gasteiger partial charge in [0.05, 0.1) is 6.61 Å². The molecular formula is C12H15BrClNO. The van der Waals surface area contributed by atoms with Crippen LogP contribution in [0.1, 0.15) is 18.4 Å². The number of hydrogen-bond acceptors (Lipinski definition) is 2. The van der Waals surface area contributed by atoms with Crippen LogP contribution in [0.4, 0.5) is 0 Å². The molecule has 16 heavy (non-hydrogen) atoms. The lowest BCUT2D eigenvalue weighted by molar-refractivity contribution is 0.0699. The molecule has 2 rings (SSSR count). The van der Waals surface area contributed by atoms with Crippen LogP contribution in [0.2, 0.25) is 5.02 Å². The summed E-state index contributed by atoms with van der Waals surface area (Å²) in [6.45, 7) is 2.52. The maximum atomic E-state index is 6.15. The molecule has 0 aliphatic carbocycles. The third-order valence-electron chi connectivity index (χ3n) is 2.76. The van der Waals surface area contributed by atoms with Crippen molar-refractivity contribution >= 4 is 27.5 Å². The highest BCUT2D eigenvalue weighted by Crippen LogP contribution is 2.21. The standard InChI is InChI=1S/C12H15BrClNO/c13-10-4-3-9(12(14)6-10)7-15-11-2-1-5-16-8-11/h3-4,6,11,15H,1-2,5,7-8H2. The largest absolute Gasteiger partial charge is 0.380 e. The van der Waals surface area contributed by atoms with Crippen LogP contribution in [-0.4, -0.2) is 19.3 Å². The first-order chi connectivity index (χ1) is 7.75. The van der Waals surface area contributed by atoms with E-state index in [1.807, 2.05) is 18.2 Å². The predicted molar refractivity (Wildman–Crippen MR) is 69.8 cm³/mol. The monoisotopic (exact) mass is 303 g/mol. The van der Waals surface area contributed by atoms with Crippen molar-refractivity contribution in [1.82, 2.24) is 5.32 Å². The minimum Gasteiger partial charge on any atom is -0.380 e. The second kappa shape index (κ2) is 6.01. The summed E-state index contributed by atoms with van der Waals surface area (Å²) in [6.07, 6.45) is 2.33. The Kier molecular flexibility index (Phi) is 4.65. The molecule has 0 aromatic heterocycles. The van der Waals surface area contributed by atoms with Crippen molar-refractivity contribution in [1.29, 1.82) is 0 Å². The van der Waals surface area contributed by atoms with E-state index in [9.17, 15) is 0 Å². The summed E-state index contributed by atoms with van der Waals surface area (Å²) in [7, 11) is 0. The molecule has 0 spiro atoms. The van der Waals surface area contributed by atoms with Gasteiger partial charge in [0.25, 0.3) is 0 Å². The summed E-state index contributed by atoms with van der Waals surface area (Å²) >= 11 is 9.55. The molecule has 1 aliphatic rings. The Hall–Kier alpha value is -0.0900. The molecule has 88 valence electrons. The molecule has 0 saturated carbocycles. The van der Waals surface area contributed by atoms with Gasteiger partial charge in [-0.2, -0.15) is 0 Å². The molecule has 1 saturated heterocycles. The second-order valence-electron chi connectivity index (χ2n) is 4.03. The molecule has 1 heterocycles. The van der Waals surface area contributed by atoms with Crippen LogP contribution in [0, 0.1) is 0 Å². The third kappa shape index (κ3) is 3.45. The summed E-state index contributed by atoms with van der Waals surface area (Å²) in [4.78, 5) is 0. The van der Waals surface area contributed by atoms with Crippen LogP contribution in [0.3, 0.4) is 0 Å². The van der Waals surface area contributed by atoms with Crippen LogP contribution in [0.25, 0.3) is 0 Å². The average Bonchev–Trinajstić information content (AvgIpc) is 2.29. The van der Waals surface area contributed by atoms with Crippen molar-refractivity contribution in [3.63, 3.8) is 0 Å². The molecule has 1 aliphatic heterocycles. The molecule has 1 fully saturated rings. The number of halogens is 2. The van der Waals surface area contributed by atoms with Crippen molar-refractivity contribution in [2.45, 2.75) is 25.4 Å². The van der Waals surface area contributed by atoms with E-state index in [4.69, 9.17) is 16.3 Å². The van der Waals surface area contributed by atoms with Crippen LogP contribution in [0.15, 0.2) is 22.7 Å². The Morgan fingerprint density at radius 1 is 1.50 bits per heavy atom. The molecule has 0 bridgehead atoms. The number of rotatable bonds is 3. The molecule has 0 amide bonds. The van der Waals surface area contributed by atoms with Gasteiger partial charge in [-0.3, -0.25) is 0 Å². The van der Waals surface area contributed by atoms with Gasteiger partial charge in [-0.25, -0.2) is 0 Å². The third-order valence-corrected chi connectivity index (χ3v) is 3.60. The zero-order chi connectivity index (χ0) is 11.4. The first-order valence-corrected chi connectivity index (χ1v) is 6.68. The Morgan fingerprint density at radius 2 is 2.38 bits per heavy atom. The van der Waals surface area contributed by atoms with E-state index in [1.54, 1.807) is 0 Å². The lowest BCUT2D eigenvalue weighted by Gasteiger charge is -2.23. The maximum Gasteiger partial charge on any atom is 0.0619 e. The SMILES string of the molecule is Clc1cc(Br)ccc1CNC1CCCOC1. The van der Waals surface area contributed by atoms with Gasteiger partial charge in [0.2, 0.25) is 0 Å². The van der Waals surface area contributed by atoms with Crippen LogP contribution >= 0.6 is 27.5 Å². The van der Waals surface area contributed by atoms with Gasteiger partial charge in [-0.05, 0) is 30.5 Å². The zero-order valence-electron chi connectivity index (χ0n) is 9.01. The minimum atomic E-state index is 0.466. The average molecular weight is 305 g/mol. The molecule has 1 unspecified atom stereocenters. The Bertz CT molecular complexity index is 353. The summed E-state index contributed by atoms with van der Waals surface area (Å²) in [5, 5.41) is 4.28. The van der Waals surface area contributed by atoms with E-state index in [0.717, 1.165) is 41.2 Å². The van der Waals surface area contributed by atoms with E-state index >= 15 is 0 Å². The molecule has 2 nitrogen and oxygen atoms in total. The van der Waals surface area contributed by atoms with Crippen LogP contribution in [0.5, 0.6) is 0 Å². The highest BCUT2D eigenvalue weighted by atomic mass is 79.9. The Balaban J connectivity index is 1.88. The van der Waals surface area contributed by atoms with Crippen molar-refractivity contribution in [2.24, 2.45) is 0 Å². The zero-order valence-corrected chi connectivity index (χ0v) is 11.4. The summed E-state index contributed by atoms with van der Waals surface area (Å²) in [5.41, 5.74) is 1.13.